The molecule has 0 spiro atoms. The molecule has 1 aromatic rings. The van der Waals surface area contributed by atoms with Gasteiger partial charge >= 0.3 is 0 Å². The van der Waals surface area contributed by atoms with Crippen molar-refractivity contribution in [1.82, 2.24) is 5.32 Å². The molecule has 0 amide bonds. The first-order valence-corrected chi connectivity index (χ1v) is 6.27. The average molecular weight is 242 g/mol. The molecule has 0 radical (unpaired) electrons. The first-order valence-electron chi connectivity index (χ1n) is 5.89. The summed E-state index contributed by atoms with van der Waals surface area (Å²) in [6, 6.07) is 7.55. The monoisotopic (exact) mass is 241 g/mol. The van der Waals surface area contributed by atoms with Gasteiger partial charge in [-0.3, -0.25) is 0 Å². The van der Waals surface area contributed by atoms with Gasteiger partial charge in [0.2, 0.25) is 0 Å². The molecule has 0 heterocycles. The number of halogens is 1. The molecule has 0 saturated heterocycles. The van der Waals surface area contributed by atoms with Crippen LogP contribution in [-0.4, -0.2) is 19.2 Å². The van der Waals surface area contributed by atoms with Gasteiger partial charge in [-0.1, -0.05) is 31.5 Å². The number of hydrogen-bond donors (Lipinski definition) is 1. The van der Waals surface area contributed by atoms with Crippen LogP contribution in [0.1, 0.15) is 26.7 Å². The summed E-state index contributed by atoms with van der Waals surface area (Å²) in [5, 5.41) is 4.08. The molecule has 1 rings (SSSR count). The predicted molar refractivity (Wildman–Crippen MR) is 69.3 cm³/mol. The van der Waals surface area contributed by atoms with Crippen LogP contribution in [0.25, 0.3) is 0 Å². The van der Waals surface area contributed by atoms with Gasteiger partial charge in [0.25, 0.3) is 0 Å². The molecule has 16 heavy (non-hydrogen) atoms. The molecule has 2 nitrogen and oxygen atoms in total. The van der Waals surface area contributed by atoms with Crippen molar-refractivity contribution in [2.24, 2.45) is 0 Å². The highest BCUT2D eigenvalue weighted by Crippen LogP contribution is 2.18. The minimum Gasteiger partial charge on any atom is -0.489 e. The fourth-order valence-electron chi connectivity index (χ4n) is 1.44. The lowest BCUT2D eigenvalue weighted by atomic mass is 10.2. The molecule has 1 aromatic carbocycles. The molecule has 0 bridgehead atoms. The van der Waals surface area contributed by atoms with Crippen LogP contribution < -0.4 is 10.1 Å². The van der Waals surface area contributed by atoms with Crippen molar-refractivity contribution in [2.45, 2.75) is 32.8 Å². The Hall–Kier alpha value is -0.730. The normalized spacial score (nSPS) is 12.4. The molecular formula is C13H20ClNO. The van der Waals surface area contributed by atoms with E-state index in [1.807, 2.05) is 24.3 Å². The Morgan fingerprint density at radius 1 is 1.38 bits per heavy atom. The second-order valence-corrected chi connectivity index (χ2v) is 4.25. The van der Waals surface area contributed by atoms with Crippen LogP contribution in [-0.2, 0) is 0 Å². The summed E-state index contributed by atoms with van der Waals surface area (Å²) in [6.07, 6.45) is 2.35. The summed E-state index contributed by atoms with van der Waals surface area (Å²) in [7, 11) is 0. The van der Waals surface area contributed by atoms with E-state index in [-0.39, 0.29) is 6.10 Å². The lowest BCUT2D eigenvalue weighted by Gasteiger charge is -2.18. The largest absolute Gasteiger partial charge is 0.489 e. The van der Waals surface area contributed by atoms with Crippen molar-refractivity contribution in [3.8, 4) is 5.75 Å². The maximum atomic E-state index is 5.90. The lowest BCUT2D eigenvalue weighted by Crippen LogP contribution is -2.31. The van der Waals surface area contributed by atoms with Gasteiger partial charge < -0.3 is 10.1 Å². The Kier molecular flexibility index (Phi) is 6.27. The van der Waals surface area contributed by atoms with Gasteiger partial charge in [-0.2, -0.15) is 0 Å². The maximum Gasteiger partial charge on any atom is 0.121 e. The summed E-state index contributed by atoms with van der Waals surface area (Å²) >= 11 is 5.90. The summed E-state index contributed by atoms with van der Waals surface area (Å²) in [4.78, 5) is 0. The van der Waals surface area contributed by atoms with Crippen molar-refractivity contribution >= 4 is 11.6 Å². The van der Waals surface area contributed by atoms with E-state index in [0.717, 1.165) is 31.7 Å². The molecular weight excluding hydrogens is 222 g/mol. The molecule has 1 N–H and O–H groups in total. The fraction of sp³-hybridized carbons (Fsp3) is 0.538. The van der Waals surface area contributed by atoms with Gasteiger partial charge in [-0.15, -0.1) is 0 Å². The minimum atomic E-state index is 0.213. The summed E-state index contributed by atoms with van der Waals surface area (Å²) in [5.74, 6) is 0.845. The van der Waals surface area contributed by atoms with Gasteiger partial charge in [0.05, 0.1) is 0 Å². The van der Waals surface area contributed by atoms with E-state index in [1.165, 1.54) is 0 Å². The topological polar surface area (TPSA) is 21.3 Å². The SMILES string of the molecule is CCCNCC(CC)Oc1cccc(Cl)c1. The Morgan fingerprint density at radius 2 is 2.19 bits per heavy atom. The standard InChI is InChI=1S/C13H20ClNO/c1-3-8-15-10-12(4-2)16-13-7-5-6-11(14)9-13/h5-7,9,12,15H,3-4,8,10H2,1-2H3. The van der Waals surface area contributed by atoms with Crippen molar-refractivity contribution in [3.63, 3.8) is 0 Å². The van der Waals surface area contributed by atoms with Crippen LogP contribution in [0.3, 0.4) is 0 Å². The number of benzene rings is 1. The van der Waals surface area contributed by atoms with Crippen molar-refractivity contribution < 1.29 is 4.74 Å². The average Bonchev–Trinajstić information content (AvgIpc) is 2.28. The Labute approximate surface area is 103 Å². The fourth-order valence-corrected chi connectivity index (χ4v) is 1.62. The van der Waals surface area contributed by atoms with E-state index in [1.54, 1.807) is 0 Å². The van der Waals surface area contributed by atoms with Crippen LogP contribution in [0, 0.1) is 0 Å². The van der Waals surface area contributed by atoms with E-state index >= 15 is 0 Å². The van der Waals surface area contributed by atoms with Gasteiger partial charge in [0.1, 0.15) is 11.9 Å². The molecule has 1 atom stereocenters. The van der Waals surface area contributed by atoms with Gasteiger partial charge in [-0.05, 0) is 37.6 Å². The summed E-state index contributed by atoms with van der Waals surface area (Å²) < 4.78 is 5.84. The summed E-state index contributed by atoms with van der Waals surface area (Å²) in [6.45, 7) is 6.21. The molecule has 0 aliphatic carbocycles. The number of nitrogens with one attached hydrogen (secondary N) is 1. The first-order chi connectivity index (χ1) is 7.76. The third-order valence-electron chi connectivity index (χ3n) is 2.35. The van der Waals surface area contributed by atoms with Gasteiger partial charge in [0, 0.05) is 11.6 Å². The number of ether oxygens (including phenoxy) is 1. The molecule has 0 aliphatic rings. The molecule has 0 aliphatic heterocycles. The lowest BCUT2D eigenvalue weighted by molar-refractivity contribution is 0.193. The second kappa shape index (κ2) is 7.53. The zero-order valence-electron chi connectivity index (χ0n) is 10.0. The van der Waals surface area contributed by atoms with Crippen LogP contribution in [0.2, 0.25) is 5.02 Å². The van der Waals surface area contributed by atoms with Crippen LogP contribution in [0.5, 0.6) is 5.75 Å². The van der Waals surface area contributed by atoms with E-state index in [2.05, 4.69) is 19.2 Å². The number of rotatable bonds is 7. The summed E-state index contributed by atoms with van der Waals surface area (Å²) in [5.41, 5.74) is 0. The number of hydrogen-bond acceptors (Lipinski definition) is 2. The minimum absolute atomic E-state index is 0.213. The molecule has 3 heteroatoms. The highest BCUT2D eigenvalue weighted by atomic mass is 35.5. The third kappa shape index (κ3) is 4.86. The highest BCUT2D eigenvalue weighted by Gasteiger charge is 2.07. The van der Waals surface area contributed by atoms with Crippen LogP contribution >= 0.6 is 11.6 Å². The third-order valence-corrected chi connectivity index (χ3v) is 2.59. The first kappa shape index (κ1) is 13.3. The van der Waals surface area contributed by atoms with Crippen molar-refractivity contribution in [3.05, 3.63) is 29.3 Å². The van der Waals surface area contributed by atoms with E-state index < -0.39 is 0 Å². The van der Waals surface area contributed by atoms with E-state index in [9.17, 15) is 0 Å². The predicted octanol–water partition coefficient (Wildman–Crippen LogP) is 3.50. The smallest absolute Gasteiger partial charge is 0.121 e. The molecule has 0 aromatic heterocycles. The Morgan fingerprint density at radius 3 is 2.81 bits per heavy atom. The molecule has 90 valence electrons. The van der Waals surface area contributed by atoms with E-state index in [0.29, 0.717) is 5.02 Å². The Bertz CT molecular complexity index is 304. The van der Waals surface area contributed by atoms with Crippen LogP contribution in [0.4, 0.5) is 0 Å². The maximum absolute atomic E-state index is 5.90. The van der Waals surface area contributed by atoms with Gasteiger partial charge in [-0.25, -0.2) is 0 Å². The van der Waals surface area contributed by atoms with Crippen molar-refractivity contribution in [1.29, 1.82) is 0 Å². The van der Waals surface area contributed by atoms with Crippen molar-refractivity contribution in [2.75, 3.05) is 13.1 Å². The van der Waals surface area contributed by atoms with Crippen LogP contribution in [0.15, 0.2) is 24.3 Å². The van der Waals surface area contributed by atoms with E-state index in [4.69, 9.17) is 16.3 Å². The van der Waals surface area contributed by atoms with Gasteiger partial charge in [0.15, 0.2) is 0 Å². The molecule has 1 unspecified atom stereocenters. The molecule has 0 saturated carbocycles. The second-order valence-electron chi connectivity index (χ2n) is 3.81. The Balaban J connectivity index is 2.43. The quantitative estimate of drug-likeness (QED) is 0.738. The highest BCUT2D eigenvalue weighted by molar-refractivity contribution is 6.30. The zero-order valence-corrected chi connectivity index (χ0v) is 10.8. The zero-order chi connectivity index (χ0) is 11.8. The molecule has 0 fully saturated rings.